The van der Waals surface area contributed by atoms with Crippen LogP contribution >= 0.6 is 0 Å². The number of rotatable bonds is 10. The number of amides is 2. The van der Waals surface area contributed by atoms with Gasteiger partial charge in [0.25, 0.3) is 5.91 Å². The van der Waals surface area contributed by atoms with Crippen LogP contribution in [0.5, 0.6) is 17.2 Å². The van der Waals surface area contributed by atoms with E-state index in [1.165, 1.54) is 19.2 Å². The molecule has 11 nitrogen and oxygen atoms in total. The Kier molecular flexibility index (Phi) is 8.78. The summed E-state index contributed by atoms with van der Waals surface area (Å²) in [7, 11) is 1.41. The summed E-state index contributed by atoms with van der Waals surface area (Å²) in [5, 5.41) is 19.7. The van der Waals surface area contributed by atoms with Gasteiger partial charge in [-0.25, -0.2) is 4.79 Å². The Morgan fingerprint density at radius 3 is 2.58 bits per heavy atom. The van der Waals surface area contributed by atoms with Crippen molar-refractivity contribution >= 4 is 24.1 Å². The van der Waals surface area contributed by atoms with Crippen molar-refractivity contribution in [3.63, 3.8) is 0 Å². The predicted molar refractivity (Wildman–Crippen MR) is 132 cm³/mol. The Morgan fingerprint density at radius 2 is 1.94 bits per heavy atom. The number of anilines is 1. The van der Waals surface area contributed by atoms with Crippen LogP contribution in [0.15, 0.2) is 18.2 Å². The van der Waals surface area contributed by atoms with Crippen molar-refractivity contribution in [3.05, 3.63) is 29.5 Å². The van der Waals surface area contributed by atoms with Crippen LogP contribution < -0.4 is 14.8 Å². The first kappa shape index (κ1) is 26.8. The number of ether oxygens (including phenoxy) is 3. The quantitative estimate of drug-likeness (QED) is 0.416. The van der Waals surface area contributed by atoms with Crippen LogP contribution in [0.1, 0.15) is 68.9 Å². The van der Waals surface area contributed by atoms with E-state index >= 15 is 0 Å². The van der Waals surface area contributed by atoms with Crippen molar-refractivity contribution in [2.45, 2.75) is 71.1 Å². The third-order valence-electron chi connectivity index (χ3n) is 6.09. The number of carbonyl (C=O) groups excluding carboxylic acids is 3. The highest BCUT2D eigenvalue weighted by Crippen LogP contribution is 2.36. The third kappa shape index (κ3) is 6.46. The molecule has 2 atom stereocenters. The molecule has 1 fully saturated rings. The predicted octanol–water partition coefficient (Wildman–Crippen LogP) is 3.85. The van der Waals surface area contributed by atoms with Crippen LogP contribution in [0, 0.1) is 0 Å². The lowest BCUT2D eigenvalue weighted by Crippen LogP contribution is -2.43. The van der Waals surface area contributed by atoms with Crippen molar-refractivity contribution < 1.29 is 33.7 Å². The molecule has 36 heavy (non-hydrogen) atoms. The molecule has 0 spiro atoms. The Hall–Kier alpha value is -3.76. The number of phenols is 1. The summed E-state index contributed by atoms with van der Waals surface area (Å²) in [5.74, 6) is -0.0363. The number of methoxy groups -OCH3 is 1. The molecule has 0 aliphatic heterocycles. The summed E-state index contributed by atoms with van der Waals surface area (Å²) in [6.07, 6.45) is 2.21. The van der Waals surface area contributed by atoms with Gasteiger partial charge in [-0.3, -0.25) is 14.7 Å². The van der Waals surface area contributed by atoms with Gasteiger partial charge in [-0.1, -0.05) is 0 Å². The van der Waals surface area contributed by atoms with Crippen molar-refractivity contribution in [1.82, 2.24) is 15.1 Å². The summed E-state index contributed by atoms with van der Waals surface area (Å²) >= 11 is 0. The second-order valence-corrected chi connectivity index (χ2v) is 9.33. The molecule has 11 heteroatoms. The molecule has 0 bridgehead atoms. The summed E-state index contributed by atoms with van der Waals surface area (Å²) in [6.45, 7) is 7.45. The molecule has 1 aromatic heterocycles. The molecule has 1 saturated carbocycles. The van der Waals surface area contributed by atoms with Gasteiger partial charge < -0.3 is 29.5 Å². The first-order valence-electron chi connectivity index (χ1n) is 12.0. The SMILES string of the molecule is COc1cc(O)c(C=O)c(OCC(=O)Nc2cc([C@H]3CC[C@@H](OC(=O)N(C(C)C)C(C)C)C3)[nH]n2)c1. The number of aromatic amines is 1. The molecular formula is C25H34N4O7. The van der Waals surface area contributed by atoms with Gasteiger partial charge >= 0.3 is 6.09 Å². The average Bonchev–Trinajstić information content (AvgIpc) is 3.46. The number of benzene rings is 1. The highest BCUT2D eigenvalue weighted by Gasteiger charge is 2.32. The minimum Gasteiger partial charge on any atom is -0.507 e. The van der Waals surface area contributed by atoms with Gasteiger partial charge in [0.1, 0.15) is 23.4 Å². The summed E-state index contributed by atoms with van der Waals surface area (Å²) in [5.41, 5.74) is 0.766. The lowest BCUT2D eigenvalue weighted by molar-refractivity contribution is -0.118. The standard InChI is InChI=1S/C25H34N4O7/c1-14(2)29(15(3)4)25(33)36-17-7-6-16(8-17)20-11-23(28-27-20)26-24(32)13-35-22-10-18(34-5)9-21(31)19(22)12-30/h9-12,14-17,31H,6-8,13H2,1-5H3,(H2,26,27,28,32)/t16-,17+/m0/s1. The fourth-order valence-corrected chi connectivity index (χ4v) is 4.43. The van der Waals surface area contributed by atoms with E-state index < -0.39 is 12.5 Å². The maximum atomic E-state index is 12.6. The fourth-order valence-electron chi connectivity index (χ4n) is 4.43. The molecule has 0 radical (unpaired) electrons. The number of aromatic nitrogens is 2. The Balaban J connectivity index is 1.53. The molecule has 1 heterocycles. The molecule has 3 rings (SSSR count). The minimum atomic E-state index is -0.493. The van der Waals surface area contributed by atoms with Gasteiger partial charge in [-0.2, -0.15) is 5.10 Å². The van der Waals surface area contributed by atoms with Crippen LogP contribution in [0.25, 0.3) is 0 Å². The van der Waals surface area contributed by atoms with Gasteiger partial charge in [0.15, 0.2) is 18.7 Å². The van der Waals surface area contributed by atoms with E-state index in [-0.39, 0.29) is 53.0 Å². The highest BCUT2D eigenvalue weighted by molar-refractivity contribution is 5.91. The van der Waals surface area contributed by atoms with Gasteiger partial charge in [-0.15, -0.1) is 0 Å². The zero-order valence-corrected chi connectivity index (χ0v) is 21.2. The number of phenolic OH excluding ortho intramolecular Hbond substituents is 1. The first-order chi connectivity index (χ1) is 17.1. The van der Waals surface area contributed by atoms with E-state index in [4.69, 9.17) is 14.2 Å². The molecule has 1 aromatic carbocycles. The largest absolute Gasteiger partial charge is 0.507 e. The van der Waals surface area contributed by atoms with E-state index in [1.54, 1.807) is 11.0 Å². The second kappa shape index (κ2) is 11.8. The van der Waals surface area contributed by atoms with Crippen LogP contribution in [-0.2, 0) is 9.53 Å². The lowest BCUT2D eigenvalue weighted by atomic mass is 10.0. The Labute approximate surface area is 210 Å². The highest BCUT2D eigenvalue weighted by atomic mass is 16.6. The molecule has 2 aromatic rings. The van der Waals surface area contributed by atoms with Crippen LogP contribution in [0.2, 0.25) is 0 Å². The van der Waals surface area contributed by atoms with Crippen LogP contribution in [0.3, 0.4) is 0 Å². The molecular weight excluding hydrogens is 468 g/mol. The molecule has 2 amide bonds. The topological polar surface area (TPSA) is 143 Å². The zero-order valence-electron chi connectivity index (χ0n) is 21.2. The van der Waals surface area contributed by atoms with E-state index in [0.717, 1.165) is 18.5 Å². The number of nitrogens with zero attached hydrogens (tertiary/aromatic N) is 2. The third-order valence-corrected chi connectivity index (χ3v) is 6.09. The van der Waals surface area contributed by atoms with Gasteiger partial charge in [0.05, 0.1) is 12.7 Å². The maximum Gasteiger partial charge on any atom is 0.410 e. The Bertz CT molecular complexity index is 1070. The van der Waals surface area contributed by atoms with Crippen molar-refractivity contribution in [2.24, 2.45) is 0 Å². The Morgan fingerprint density at radius 1 is 1.22 bits per heavy atom. The fraction of sp³-hybridized carbons (Fsp3) is 0.520. The summed E-state index contributed by atoms with van der Waals surface area (Å²) in [4.78, 5) is 37.9. The number of H-pyrrole nitrogens is 1. The molecule has 0 unspecified atom stereocenters. The van der Waals surface area contributed by atoms with Crippen molar-refractivity contribution in [3.8, 4) is 17.2 Å². The molecule has 3 N–H and O–H groups in total. The zero-order chi connectivity index (χ0) is 26.4. The number of hydrogen-bond acceptors (Lipinski definition) is 8. The molecule has 1 aliphatic rings. The first-order valence-corrected chi connectivity index (χ1v) is 12.0. The van der Waals surface area contributed by atoms with E-state index in [2.05, 4.69) is 15.5 Å². The van der Waals surface area contributed by atoms with Gasteiger partial charge in [-0.05, 0) is 47.0 Å². The van der Waals surface area contributed by atoms with E-state index in [9.17, 15) is 19.5 Å². The average molecular weight is 503 g/mol. The van der Waals surface area contributed by atoms with Gasteiger partial charge in [0.2, 0.25) is 0 Å². The minimum absolute atomic E-state index is 0.0276. The van der Waals surface area contributed by atoms with Crippen molar-refractivity contribution in [2.75, 3.05) is 19.0 Å². The number of carbonyl (C=O) groups is 3. The normalized spacial score (nSPS) is 17.2. The van der Waals surface area contributed by atoms with Gasteiger partial charge in [0, 0.05) is 41.9 Å². The van der Waals surface area contributed by atoms with E-state index in [0.29, 0.717) is 18.5 Å². The second-order valence-electron chi connectivity index (χ2n) is 9.33. The number of aldehydes is 1. The van der Waals surface area contributed by atoms with E-state index in [1.807, 2.05) is 27.7 Å². The van der Waals surface area contributed by atoms with Crippen LogP contribution in [-0.4, -0.2) is 70.4 Å². The molecule has 1 aliphatic carbocycles. The molecule has 196 valence electrons. The number of aromatic hydroxyl groups is 1. The smallest absolute Gasteiger partial charge is 0.410 e. The monoisotopic (exact) mass is 502 g/mol. The number of hydrogen-bond donors (Lipinski definition) is 3. The molecule has 0 saturated heterocycles. The lowest BCUT2D eigenvalue weighted by Gasteiger charge is -2.31. The number of nitrogens with one attached hydrogen (secondary N) is 2. The summed E-state index contributed by atoms with van der Waals surface area (Å²) < 4.78 is 16.2. The summed E-state index contributed by atoms with van der Waals surface area (Å²) in [6, 6.07) is 4.54. The van der Waals surface area contributed by atoms with Crippen molar-refractivity contribution in [1.29, 1.82) is 0 Å². The van der Waals surface area contributed by atoms with Crippen LogP contribution in [0.4, 0.5) is 10.6 Å². The maximum absolute atomic E-state index is 12.6.